The van der Waals surface area contributed by atoms with Crippen LogP contribution in [0.2, 0.25) is 0 Å². The smallest absolute Gasteiger partial charge is 0.118 e. The summed E-state index contributed by atoms with van der Waals surface area (Å²) >= 11 is 0. The molecule has 1 aromatic rings. The number of anilines is 1. The molecule has 1 heterocycles. The van der Waals surface area contributed by atoms with E-state index in [4.69, 9.17) is 0 Å². The highest BCUT2D eigenvalue weighted by Crippen LogP contribution is 2.26. The monoisotopic (exact) mass is 191 g/mol. The average molecular weight is 191 g/mol. The Morgan fingerprint density at radius 1 is 1.29 bits per heavy atom. The Kier molecular flexibility index (Phi) is 2.62. The molecule has 1 N–H and O–H groups in total. The molecule has 0 aliphatic carbocycles. The standard InChI is InChI=1S/C12H17NO/c1-2-10-9-11(5-6-12(10)14)13-7-3-4-8-13/h5-6,9,14H,2-4,7-8H2,1H3. The van der Waals surface area contributed by atoms with Gasteiger partial charge in [0.25, 0.3) is 0 Å². The van der Waals surface area contributed by atoms with E-state index in [1.54, 1.807) is 0 Å². The van der Waals surface area contributed by atoms with Gasteiger partial charge in [0.05, 0.1) is 0 Å². The molecule has 76 valence electrons. The third kappa shape index (κ3) is 1.69. The molecule has 0 unspecified atom stereocenters. The molecule has 2 heteroatoms. The minimum atomic E-state index is 0.426. The van der Waals surface area contributed by atoms with Crippen molar-refractivity contribution in [3.63, 3.8) is 0 Å². The summed E-state index contributed by atoms with van der Waals surface area (Å²) in [5.74, 6) is 0.426. The van der Waals surface area contributed by atoms with Crippen molar-refractivity contribution in [3.8, 4) is 5.75 Å². The lowest BCUT2D eigenvalue weighted by atomic mass is 10.1. The molecular weight excluding hydrogens is 174 g/mol. The zero-order valence-electron chi connectivity index (χ0n) is 8.66. The van der Waals surface area contributed by atoms with Gasteiger partial charge in [0, 0.05) is 18.8 Å². The van der Waals surface area contributed by atoms with E-state index < -0.39 is 0 Å². The molecule has 0 spiro atoms. The van der Waals surface area contributed by atoms with Gasteiger partial charge in [-0.25, -0.2) is 0 Å². The lowest BCUT2D eigenvalue weighted by Crippen LogP contribution is -2.17. The maximum Gasteiger partial charge on any atom is 0.118 e. The molecular formula is C12H17NO. The molecule has 0 aromatic heterocycles. The Labute approximate surface area is 85.2 Å². The summed E-state index contributed by atoms with van der Waals surface area (Å²) in [7, 11) is 0. The SMILES string of the molecule is CCc1cc(N2CCCC2)ccc1O. The molecule has 1 aliphatic heterocycles. The molecule has 2 rings (SSSR count). The van der Waals surface area contributed by atoms with Crippen LogP contribution < -0.4 is 4.90 Å². The number of rotatable bonds is 2. The quantitative estimate of drug-likeness (QED) is 0.776. The predicted molar refractivity (Wildman–Crippen MR) is 58.9 cm³/mol. The molecule has 1 aromatic carbocycles. The lowest BCUT2D eigenvalue weighted by Gasteiger charge is -2.18. The third-order valence-electron chi connectivity index (χ3n) is 2.92. The highest BCUT2D eigenvalue weighted by molar-refractivity contribution is 5.53. The van der Waals surface area contributed by atoms with E-state index in [0.717, 1.165) is 25.1 Å². The summed E-state index contributed by atoms with van der Waals surface area (Å²) in [5, 5.41) is 9.56. The second kappa shape index (κ2) is 3.91. The summed E-state index contributed by atoms with van der Waals surface area (Å²) in [6, 6.07) is 5.94. The number of nitrogens with zero attached hydrogens (tertiary/aromatic N) is 1. The largest absolute Gasteiger partial charge is 0.508 e. The minimum absolute atomic E-state index is 0.426. The number of phenols is 1. The van der Waals surface area contributed by atoms with Gasteiger partial charge in [0.2, 0.25) is 0 Å². The first kappa shape index (κ1) is 9.38. The van der Waals surface area contributed by atoms with Crippen LogP contribution in [-0.2, 0) is 6.42 Å². The van der Waals surface area contributed by atoms with Crippen LogP contribution in [0.5, 0.6) is 5.75 Å². The summed E-state index contributed by atoms with van der Waals surface area (Å²) < 4.78 is 0. The van der Waals surface area contributed by atoms with E-state index in [0.29, 0.717) is 5.75 Å². The number of hydrogen-bond donors (Lipinski definition) is 1. The third-order valence-corrected chi connectivity index (χ3v) is 2.92. The molecule has 1 fully saturated rings. The molecule has 0 atom stereocenters. The molecule has 1 saturated heterocycles. The maximum atomic E-state index is 9.56. The van der Waals surface area contributed by atoms with Crippen molar-refractivity contribution in [3.05, 3.63) is 23.8 Å². The van der Waals surface area contributed by atoms with Gasteiger partial charge in [0.15, 0.2) is 0 Å². The van der Waals surface area contributed by atoms with Crippen LogP contribution in [0.15, 0.2) is 18.2 Å². The molecule has 0 amide bonds. The fraction of sp³-hybridized carbons (Fsp3) is 0.500. The van der Waals surface area contributed by atoms with E-state index in [-0.39, 0.29) is 0 Å². The van der Waals surface area contributed by atoms with Crippen molar-refractivity contribution in [2.45, 2.75) is 26.2 Å². The number of benzene rings is 1. The number of aromatic hydroxyl groups is 1. The van der Waals surface area contributed by atoms with E-state index in [2.05, 4.69) is 17.9 Å². The van der Waals surface area contributed by atoms with Crippen LogP contribution in [0, 0.1) is 0 Å². The summed E-state index contributed by atoms with van der Waals surface area (Å²) in [6.45, 7) is 4.39. The average Bonchev–Trinajstić information content (AvgIpc) is 2.71. The van der Waals surface area contributed by atoms with E-state index in [9.17, 15) is 5.11 Å². The van der Waals surface area contributed by atoms with Gasteiger partial charge in [-0.1, -0.05) is 6.92 Å². The van der Waals surface area contributed by atoms with Gasteiger partial charge in [-0.2, -0.15) is 0 Å². The first-order valence-electron chi connectivity index (χ1n) is 5.38. The van der Waals surface area contributed by atoms with Gasteiger partial charge in [-0.3, -0.25) is 0 Å². The number of hydrogen-bond acceptors (Lipinski definition) is 2. The van der Waals surface area contributed by atoms with E-state index in [1.807, 2.05) is 12.1 Å². The Morgan fingerprint density at radius 3 is 2.64 bits per heavy atom. The first-order valence-corrected chi connectivity index (χ1v) is 5.38. The normalized spacial score (nSPS) is 16.2. The summed E-state index contributed by atoms with van der Waals surface area (Å²) in [5.41, 5.74) is 2.31. The van der Waals surface area contributed by atoms with Crippen LogP contribution in [0.4, 0.5) is 5.69 Å². The van der Waals surface area contributed by atoms with Crippen LogP contribution >= 0.6 is 0 Å². The van der Waals surface area contributed by atoms with Crippen molar-refractivity contribution >= 4 is 5.69 Å². The Bertz CT molecular complexity index is 316. The van der Waals surface area contributed by atoms with Crippen molar-refractivity contribution < 1.29 is 5.11 Å². The second-order valence-corrected chi connectivity index (χ2v) is 3.86. The van der Waals surface area contributed by atoms with Crippen LogP contribution in [0.1, 0.15) is 25.3 Å². The topological polar surface area (TPSA) is 23.5 Å². The van der Waals surface area contributed by atoms with Gasteiger partial charge in [-0.15, -0.1) is 0 Å². The predicted octanol–water partition coefficient (Wildman–Crippen LogP) is 2.55. The maximum absolute atomic E-state index is 9.56. The van der Waals surface area contributed by atoms with Crippen LogP contribution in [-0.4, -0.2) is 18.2 Å². The Morgan fingerprint density at radius 2 is 2.00 bits per heavy atom. The Balaban J connectivity index is 2.25. The zero-order chi connectivity index (χ0) is 9.97. The van der Waals surface area contributed by atoms with E-state index >= 15 is 0 Å². The molecule has 0 saturated carbocycles. The van der Waals surface area contributed by atoms with Gasteiger partial charge >= 0.3 is 0 Å². The van der Waals surface area contributed by atoms with Crippen LogP contribution in [0.3, 0.4) is 0 Å². The molecule has 0 radical (unpaired) electrons. The fourth-order valence-electron chi connectivity index (χ4n) is 2.03. The fourth-order valence-corrected chi connectivity index (χ4v) is 2.03. The van der Waals surface area contributed by atoms with Crippen molar-refractivity contribution in [2.24, 2.45) is 0 Å². The van der Waals surface area contributed by atoms with Gasteiger partial charge < -0.3 is 10.0 Å². The molecule has 2 nitrogen and oxygen atoms in total. The second-order valence-electron chi connectivity index (χ2n) is 3.86. The molecule has 14 heavy (non-hydrogen) atoms. The summed E-state index contributed by atoms with van der Waals surface area (Å²) in [6.07, 6.45) is 3.48. The van der Waals surface area contributed by atoms with E-state index in [1.165, 1.54) is 18.5 Å². The Hall–Kier alpha value is -1.18. The zero-order valence-corrected chi connectivity index (χ0v) is 8.66. The minimum Gasteiger partial charge on any atom is -0.508 e. The van der Waals surface area contributed by atoms with Gasteiger partial charge in [-0.05, 0) is 43.0 Å². The molecule has 0 bridgehead atoms. The van der Waals surface area contributed by atoms with Crippen molar-refractivity contribution in [1.82, 2.24) is 0 Å². The highest BCUT2D eigenvalue weighted by atomic mass is 16.3. The van der Waals surface area contributed by atoms with Crippen molar-refractivity contribution in [2.75, 3.05) is 18.0 Å². The lowest BCUT2D eigenvalue weighted by molar-refractivity contribution is 0.469. The summed E-state index contributed by atoms with van der Waals surface area (Å²) in [4.78, 5) is 2.39. The number of phenolic OH excluding ortho intramolecular Hbond substituents is 1. The van der Waals surface area contributed by atoms with Crippen molar-refractivity contribution in [1.29, 1.82) is 0 Å². The van der Waals surface area contributed by atoms with Gasteiger partial charge in [0.1, 0.15) is 5.75 Å². The first-order chi connectivity index (χ1) is 6.81. The van der Waals surface area contributed by atoms with Crippen LogP contribution in [0.25, 0.3) is 0 Å². The highest BCUT2D eigenvalue weighted by Gasteiger charge is 2.13. The molecule has 1 aliphatic rings. The number of aryl methyl sites for hydroxylation is 1.